The maximum Gasteiger partial charge on any atom is 0.146 e. The number of hydrogen-bond acceptors (Lipinski definition) is 3. The van der Waals surface area contributed by atoms with Crippen LogP contribution in [-0.2, 0) is 6.61 Å². The monoisotopic (exact) mass is 252 g/mol. The standard InChI is InChI=1S/C14H21FN2O/c1-16-7-6-11(8-16)9-17(2)14-12(10-18)4-3-5-13(14)15/h3-5,11,18H,6-10H2,1-2H3. The smallest absolute Gasteiger partial charge is 0.146 e. The minimum Gasteiger partial charge on any atom is -0.392 e. The van der Waals surface area contributed by atoms with Crippen molar-refractivity contribution in [3.05, 3.63) is 29.6 Å². The molecule has 1 fully saturated rings. The highest BCUT2D eigenvalue weighted by molar-refractivity contribution is 5.54. The van der Waals surface area contributed by atoms with Gasteiger partial charge in [-0.1, -0.05) is 12.1 Å². The minimum atomic E-state index is -0.254. The molecule has 0 bridgehead atoms. The number of rotatable bonds is 4. The summed E-state index contributed by atoms with van der Waals surface area (Å²) in [5.41, 5.74) is 1.19. The highest BCUT2D eigenvalue weighted by Gasteiger charge is 2.22. The Morgan fingerprint density at radius 1 is 1.50 bits per heavy atom. The fraction of sp³-hybridized carbons (Fsp3) is 0.571. The van der Waals surface area contributed by atoms with Crippen molar-refractivity contribution in [1.29, 1.82) is 0 Å². The van der Waals surface area contributed by atoms with E-state index in [1.807, 2.05) is 11.9 Å². The fourth-order valence-electron chi connectivity index (χ4n) is 2.77. The van der Waals surface area contributed by atoms with Crippen molar-refractivity contribution < 1.29 is 9.50 Å². The molecule has 0 saturated carbocycles. The fourth-order valence-corrected chi connectivity index (χ4v) is 2.77. The summed E-state index contributed by atoms with van der Waals surface area (Å²) in [5, 5.41) is 9.29. The van der Waals surface area contributed by atoms with E-state index in [9.17, 15) is 9.50 Å². The minimum absolute atomic E-state index is 0.123. The van der Waals surface area contributed by atoms with Gasteiger partial charge in [0.25, 0.3) is 0 Å². The van der Waals surface area contributed by atoms with E-state index in [2.05, 4.69) is 11.9 Å². The van der Waals surface area contributed by atoms with Gasteiger partial charge in [0.15, 0.2) is 0 Å². The van der Waals surface area contributed by atoms with Crippen LogP contribution in [-0.4, -0.2) is 43.7 Å². The number of nitrogens with zero attached hydrogens (tertiary/aromatic N) is 2. The second kappa shape index (κ2) is 5.67. The van der Waals surface area contributed by atoms with E-state index in [0.717, 1.165) is 26.1 Å². The van der Waals surface area contributed by atoms with Crippen molar-refractivity contribution in [3.63, 3.8) is 0 Å². The molecule has 1 heterocycles. The van der Waals surface area contributed by atoms with Crippen molar-refractivity contribution in [2.24, 2.45) is 5.92 Å². The number of hydrogen-bond donors (Lipinski definition) is 1. The summed E-state index contributed by atoms with van der Waals surface area (Å²) in [5.74, 6) is 0.321. The number of para-hydroxylation sites is 1. The second-order valence-electron chi connectivity index (χ2n) is 5.20. The highest BCUT2D eigenvalue weighted by atomic mass is 19.1. The number of benzene rings is 1. The zero-order valence-electron chi connectivity index (χ0n) is 11.1. The highest BCUT2D eigenvalue weighted by Crippen LogP contribution is 2.26. The maximum atomic E-state index is 13.9. The molecule has 4 heteroatoms. The van der Waals surface area contributed by atoms with Crippen LogP contribution in [0.3, 0.4) is 0 Å². The summed E-state index contributed by atoms with van der Waals surface area (Å²) in [6.07, 6.45) is 1.16. The molecular weight excluding hydrogens is 231 g/mol. The first-order valence-corrected chi connectivity index (χ1v) is 6.39. The molecule has 0 amide bonds. The van der Waals surface area contributed by atoms with E-state index in [-0.39, 0.29) is 12.4 Å². The lowest BCUT2D eigenvalue weighted by Gasteiger charge is -2.25. The van der Waals surface area contributed by atoms with E-state index >= 15 is 0 Å². The molecule has 1 saturated heterocycles. The van der Waals surface area contributed by atoms with Gasteiger partial charge in [0.1, 0.15) is 5.82 Å². The Labute approximate surface area is 108 Å². The molecular formula is C14H21FN2O. The third kappa shape index (κ3) is 2.82. The third-order valence-corrected chi connectivity index (χ3v) is 3.64. The molecule has 1 unspecified atom stereocenters. The molecule has 0 aliphatic carbocycles. The Hall–Kier alpha value is -1.13. The van der Waals surface area contributed by atoms with Crippen molar-refractivity contribution in [2.75, 3.05) is 38.6 Å². The van der Waals surface area contributed by atoms with Gasteiger partial charge in [0, 0.05) is 25.7 Å². The molecule has 2 rings (SSSR count). The average Bonchev–Trinajstić information content (AvgIpc) is 2.74. The molecule has 100 valence electrons. The van der Waals surface area contributed by atoms with Crippen LogP contribution < -0.4 is 4.90 Å². The number of anilines is 1. The van der Waals surface area contributed by atoms with Gasteiger partial charge in [0.2, 0.25) is 0 Å². The van der Waals surface area contributed by atoms with Gasteiger partial charge < -0.3 is 14.9 Å². The predicted molar refractivity (Wildman–Crippen MR) is 71.2 cm³/mol. The Kier molecular flexibility index (Phi) is 4.19. The van der Waals surface area contributed by atoms with Crippen LogP contribution in [0.2, 0.25) is 0 Å². The summed E-state index contributed by atoms with van der Waals surface area (Å²) in [6.45, 7) is 2.89. The van der Waals surface area contributed by atoms with Crippen molar-refractivity contribution in [2.45, 2.75) is 13.0 Å². The van der Waals surface area contributed by atoms with Gasteiger partial charge >= 0.3 is 0 Å². The number of halogens is 1. The summed E-state index contributed by atoms with van der Waals surface area (Å²) in [4.78, 5) is 4.23. The summed E-state index contributed by atoms with van der Waals surface area (Å²) in [7, 11) is 4.01. The Bertz CT molecular complexity index is 411. The maximum absolute atomic E-state index is 13.9. The van der Waals surface area contributed by atoms with Gasteiger partial charge in [0.05, 0.1) is 12.3 Å². The first kappa shape index (κ1) is 13.3. The van der Waals surface area contributed by atoms with Gasteiger partial charge in [-0.15, -0.1) is 0 Å². The van der Waals surface area contributed by atoms with Gasteiger partial charge in [-0.25, -0.2) is 4.39 Å². The number of aliphatic hydroxyl groups excluding tert-OH is 1. The van der Waals surface area contributed by atoms with E-state index in [1.54, 1.807) is 12.1 Å². The van der Waals surface area contributed by atoms with Crippen LogP contribution in [0.25, 0.3) is 0 Å². The molecule has 3 nitrogen and oxygen atoms in total. The topological polar surface area (TPSA) is 26.7 Å². The molecule has 18 heavy (non-hydrogen) atoms. The summed E-state index contributed by atoms with van der Waals surface area (Å²) in [6, 6.07) is 4.86. The van der Waals surface area contributed by atoms with Crippen molar-refractivity contribution in [1.82, 2.24) is 4.90 Å². The van der Waals surface area contributed by atoms with E-state index in [4.69, 9.17) is 0 Å². The molecule has 1 N–H and O–H groups in total. The number of aliphatic hydroxyl groups is 1. The molecule has 1 aromatic carbocycles. The molecule has 1 aliphatic rings. The van der Waals surface area contributed by atoms with Crippen molar-refractivity contribution >= 4 is 5.69 Å². The summed E-state index contributed by atoms with van der Waals surface area (Å²) < 4.78 is 13.9. The lowest BCUT2D eigenvalue weighted by atomic mass is 10.1. The first-order chi connectivity index (χ1) is 8.61. The second-order valence-corrected chi connectivity index (χ2v) is 5.20. The van der Waals surface area contributed by atoms with E-state index < -0.39 is 0 Å². The van der Waals surface area contributed by atoms with Crippen LogP contribution in [0.5, 0.6) is 0 Å². The Morgan fingerprint density at radius 3 is 2.89 bits per heavy atom. The van der Waals surface area contributed by atoms with Crippen molar-refractivity contribution in [3.8, 4) is 0 Å². The van der Waals surface area contributed by atoms with E-state index in [1.165, 1.54) is 6.07 Å². The van der Waals surface area contributed by atoms with Gasteiger partial charge in [-0.2, -0.15) is 0 Å². The van der Waals surface area contributed by atoms with Crippen LogP contribution in [0, 0.1) is 11.7 Å². The Morgan fingerprint density at radius 2 is 2.28 bits per heavy atom. The lowest BCUT2D eigenvalue weighted by molar-refractivity contribution is 0.281. The zero-order valence-corrected chi connectivity index (χ0v) is 11.1. The molecule has 0 spiro atoms. The van der Waals surface area contributed by atoms with Crippen LogP contribution in [0.4, 0.5) is 10.1 Å². The molecule has 1 atom stereocenters. The third-order valence-electron chi connectivity index (χ3n) is 3.64. The predicted octanol–water partition coefficient (Wildman–Crippen LogP) is 1.71. The van der Waals surface area contributed by atoms with Gasteiger partial charge in [-0.3, -0.25) is 0 Å². The first-order valence-electron chi connectivity index (χ1n) is 6.39. The lowest BCUT2D eigenvalue weighted by Crippen LogP contribution is -2.28. The number of likely N-dealkylation sites (tertiary alicyclic amines) is 1. The normalized spacial score (nSPS) is 20.3. The van der Waals surface area contributed by atoms with Crippen LogP contribution in [0.15, 0.2) is 18.2 Å². The molecule has 1 aliphatic heterocycles. The molecule has 1 aromatic rings. The van der Waals surface area contributed by atoms with Gasteiger partial charge in [-0.05, 0) is 32.0 Å². The largest absolute Gasteiger partial charge is 0.392 e. The molecule has 0 radical (unpaired) electrons. The summed E-state index contributed by atoms with van der Waals surface area (Å²) >= 11 is 0. The quantitative estimate of drug-likeness (QED) is 0.883. The SMILES string of the molecule is CN1CCC(CN(C)c2c(F)cccc2CO)C1. The van der Waals surface area contributed by atoms with Crippen LogP contribution >= 0.6 is 0 Å². The van der Waals surface area contributed by atoms with E-state index in [0.29, 0.717) is 17.2 Å². The Balaban J connectivity index is 2.10. The molecule has 0 aromatic heterocycles. The zero-order chi connectivity index (χ0) is 13.1. The average molecular weight is 252 g/mol. The van der Waals surface area contributed by atoms with Crippen LogP contribution in [0.1, 0.15) is 12.0 Å².